The number of hydrogen-bond acceptors (Lipinski definition) is 2. The number of nitrogens with one attached hydrogen (secondary N) is 2. The molecule has 0 spiro atoms. The zero-order valence-corrected chi connectivity index (χ0v) is 16.6. The summed E-state index contributed by atoms with van der Waals surface area (Å²) in [6.07, 6.45) is 1.69. The van der Waals surface area contributed by atoms with E-state index in [-0.39, 0.29) is 23.8 Å². The minimum absolute atomic E-state index is 0.0597. The molecule has 3 unspecified atom stereocenters. The Labute approximate surface area is 169 Å². The Hall–Kier alpha value is -2.04. The van der Waals surface area contributed by atoms with E-state index in [1.165, 1.54) is 0 Å². The van der Waals surface area contributed by atoms with E-state index in [0.29, 0.717) is 22.9 Å². The molecule has 0 radical (unpaired) electrons. The highest BCUT2D eigenvalue weighted by atomic mass is 35.5. The van der Waals surface area contributed by atoms with Gasteiger partial charge in [-0.05, 0) is 55.2 Å². The Balaban J connectivity index is 1.77. The number of rotatable bonds is 6. The van der Waals surface area contributed by atoms with Gasteiger partial charge in [0.05, 0.1) is 0 Å². The third-order valence-corrected chi connectivity index (χ3v) is 5.46. The highest BCUT2D eigenvalue weighted by molar-refractivity contribution is 6.30. The van der Waals surface area contributed by atoms with Crippen molar-refractivity contribution >= 4 is 35.0 Å². The van der Waals surface area contributed by atoms with E-state index in [1.54, 1.807) is 0 Å². The van der Waals surface area contributed by atoms with Crippen LogP contribution in [0.25, 0.3) is 0 Å². The van der Waals surface area contributed by atoms with Crippen molar-refractivity contribution in [3.05, 3.63) is 69.7 Å². The van der Waals surface area contributed by atoms with Crippen molar-refractivity contribution in [2.24, 2.45) is 0 Å². The Morgan fingerprint density at radius 3 is 2.26 bits per heavy atom. The van der Waals surface area contributed by atoms with Crippen LogP contribution in [0.5, 0.6) is 0 Å². The van der Waals surface area contributed by atoms with Crippen LogP contribution in [-0.2, 0) is 16.0 Å². The van der Waals surface area contributed by atoms with Gasteiger partial charge in [-0.3, -0.25) is 9.59 Å². The average molecular weight is 405 g/mol. The normalized spacial score (nSPS) is 18.6. The maximum absolute atomic E-state index is 12.5. The van der Waals surface area contributed by atoms with Gasteiger partial charge in [0.15, 0.2) is 0 Å². The SMILES string of the molecule is CC(NC(=O)C1CCC(=O)N1)C(Cc1ccc(Cl)cc1)c1ccc(Cl)cc1. The third kappa shape index (κ3) is 5.24. The molecule has 1 aliphatic rings. The first-order valence-corrected chi connectivity index (χ1v) is 9.77. The molecule has 0 aliphatic carbocycles. The lowest BCUT2D eigenvalue weighted by Crippen LogP contribution is -2.47. The lowest BCUT2D eigenvalue weighted by atomic mass is 9.86. The van der Waals surface area contributed by atoms with E-state index in [4.69, 9.17) is 23.2 Å². The first-order valence-electron chi connectivity index (χ1n) is 9.02. The van der Waals surface area contributed by atoms with Gasteiger partial charge >= 0.3 is 0 Å². The largest absolute Gasteiger partial charge is 0.351 e. The van der Waals surface area contributed by atoms with Gasteiger partial charge in [0.25, 0.3) is 0 Å². The Bertz CT molecular complexity index is 806. The molecule has 2 N–H and O–H groups in total. The molecule has 2 aromatic rings. The maximum atomic E-state index is 12.5. The van der Waals surface area contributed by atoms with E-state index in [2.05, 4.69) is 10.6 Å². The second-order valence-electron chi connectivity index (χ2n) is 6.94. The average Bonchev–Trinajstić information content (AvgIpc) is 3.08. The predicted molar refractivity (Wildman–Crippen MR) is 108 cm³/mol. The molecule has 0 saturated carbocycles. The third-order valence-electron chi connectivity index (χ3n) is 4.95. The molecule has 0 bridgehead atoms. The summed E-state index contributed by atoms with van der Waals surface area (Å²) in [6, 6.07) is 14.9. The van der Waals surface area contributed by atoms with Gasteiger partial charge in [-0.25, -0.2) is 0 Å². The van der Waals surface area contributed by atoms with Crippen LogP contribution in [0.1, 0.15) is 36.8 Å². The van der Waals surface area contributed by atoms with Crippen LogP contribution in [0.15, 0.2) is 48.5 Å². The van der Waals surface area contributed by atoms with Crippen LogP contribution in [0.2, 0.25) is 10.0 Å². The van der Waals surface area contributed by atoms with Crippen LogP contribution in [-0.4, -0.2) is 23.9 Å². The van der Waals surface area contributed by atoms with E-state index >= 15 is 0 Å². The summed E-state index contributed by atoms with van der Waals surface area (Å²) in [5.74, 6) is -0.147. The number of amides is 2. The van der Waals surface area contributed by atoms with Gasteiger partial charge in [-0.15, -0.1) is 0 Å². The van der Waals surface area contributed by atoms with Crippen molar-refractivity contribution in [2.45, 2.75) is 44.2 Å². The molecule has 2 amide bonds. The Morgan fingerprint density at radius 2 is 1.70 bits per heavy atom. The minimum Gasteiger partial charge on any atom is -0.351 e. The summed E-state index contributed by atoms with van der Waals surface area (Å²) in [7, 11) is 0. The van der Waals surface area contributed by atoms with Gasteiger partial charge in [0.2, 0.25) is 11.8 Å². The van der Waals surface area contributed by atoms with Crippen molar-refractivity contribution in [3.8, 4) is 0 Å². The lowest BCUT2D eigenvalue weighted by Gasteiger charge is -2.27. The van der Waals surface area contributed by atoms with Gasteiger partial charge in [0.1, 0.15) is 6.04 Å². The molecule has 6 heteroatoms. The summed E-state index contributed by atoms with van der Waals surface area (Å²) in [5.41, 5.74) is 2.23. The standard InChI is InChI=1S/C21H22Cl2N2O2/c1-13(24-21(27)19-10-11-20(26)25-19)18(15-4-8-17(23)9-5-15)12-14-2-6-16(22)7-3-14/h2-9,13,18-19H,10-12H2,1H3,(H,24,27)(H,25,26). The molecule has 0 aromatic heterocycles. The Kier molecular flexibility index (Phi) is 6.40. The van der Waals surface area contributed by atoms with Gasteiger partial charge in [-0.1, -0.05) is 47.5 Å². The van der Waals surface area contributed by atoms with Crippen molar-refractivity contribution in [3.63, 3.8) is 0 Å². The predicted octanol–water partition coefficient (Wildman–Crippen LogP) is 4.10. The fourth-order valence-electron chi connectivity index (χ4n) is 3.40. The number of carbonyl (C=O) groups is 2. The van der Waals surface area contributed by atoms with Crippen LogP contribution in [0.4, 0.5) is 0 Å². The number of carbonyl (C=O) groups excluding carboxylic acids is 2. The molecule has 27 heavy (non-hydrogen) atoms. The first kappa shape index (κ1) is 19.7. The molecule has 1 fully saturated rings. The van der Waals surface area contributed by atoms with E-state index < -0.39 is 6.04 Å². The molecular formula is C21H22Cl2N2O2. The molecule has 1 heterocycles. The van der Waals surface area contributed by atoms with E-state index in [9.17, 15) is 9.59 Å². The first-order chi connectivity index (χ1) is 12.9. The Morgan fingerprint density at radius 1 is 1.11 bits per heavy atom. The van der Waals surface area contributed by atoms with Crippen LogP contribution < -0.4 is 10.6 Å². The molecule has 142 valence electrons. The van der Waals surface area contributed by atoms with Crippen molar-refractivity contribution in [1.82, 2.24) is 10.6 Å². The molecule has 1 saturated heterocycles. The monoisotopic (exact) mass is 404 g/mol. The van der Waals surface area contributed by atoms with Gasteiger partial charge < -0.3 is 10.6 Å². The molecular weight excluding hydrogens is 383 g/mol. The van der Waals surface area contributed by atoms with Crippen LogP contribution in [0.3, 0.4) is 0 Å². The fraction of sp³-hybridized carbons (Fsp3) is 0.333. The van der Waals surface area contributed by atoms with Gasteiger partial charge in [0, 0.05) is 28.4 Å². The second kappa shape index (κ2) is 8.77. The zero-order chi connectivity index (χ0) is 19.4. The molecule has 2 aromatic carbocycles. The second-order valence-corrected chi connectivity index (χ2v) is 7.82. The van der Waals surface area contributed by atoms with Gasteiger partial charge in [-0.2, -0.15) is 0 Å². The summed E-state index contributed by atoms with van der Waals surface area (Å²) in [4.78, 5) is 23.9. The number of benzene rings is 2. The van der Waals surface area contributed by atoms with Crippen LogP contribution in [0, 0.1) is 0 Å². The highest BCUT2D eigenvalue weighted by Gasteiger charge is 2.30. The fourth-order valence-corrected chi connectivity index (χ4v) is 3.66. The zero-order valence-electron chi connectivity index (χ0n) is 15.0. The summed E-state index contributed by atoms with van der Waals surface area (Å²) in [6.45, 7) is 1.99. The van der Waals surface area contributed by atoms with E-state index in [1.807, 2.05) is 55.5 Å². The summed E-state index contributed by atoms with van der Waals surface area (Å²) >= 11 is 12.0. The number of halogens is 2. The lowest BCUT2D eigenvalue weighted by molar-refractivity contribution is -0.126. The van der Waals surface area contributed by atoms with Crippen molar-refractivity contribution in [1.29, 1.82) is 0 Å². The maximum Gasteiger partial charge on any atom is 0.242 e. The van der Waals surface area contributed by atoms with E-state index in [0.717, 1.165) is 17.5 Å². The summed E-state index contributed by atoms with van der Waals surface area (Å²) in [5, 5.41) is 7.16. The molecule has 3 atom stereocenters. The van der Waals surface area contributed by atoms with Crippen LogP contribution >= 0.6 is 23.2 Å². The number of hydrogen-bond donors (Lipinski definition) is 2. The quantitative estimate of drug-likeness (QED) is 0.760. The topological polar surface area (TPSA) is 58.2 Å². The smallest absolute Gasteiger partial charge is 0.242 e. The van der Waals surface area contributed by atoms with Crippen molar-refractivity contribution in [2.75, 3.05) is 0 Å². The molecule has 1 aliphatic heterocycles. The molecule has 4 nitrogen and oxygen atoms in total. The molecule has 3 rings (SSSR count). The highest BCUT2D eigenvalue weighted by Crippen LogP contribution is 2.27. The van der Waals surface area contributed by atoms with Crippen molar-refractivity contribution < 1.29 is 9.59 Å². The minimum atomic E-state index is -0.443. The summed E-state index contributed by atoms with van der Waals surface area (Å²) < 4.78 is 0.